The zero-order valence-electron chi connectivity index (χ0n) is 11.1. The van der Waals surface area contributed by atoms with Crippen LogP contribution < -0.4 is 10.6 Å². The molecule has 8 heteroatoms. The molecule has 22 heavy (non-hydrogen) atoms. The average Bonchev–Trinajstić information content (AvgIpc) is 2.49. The van der Waals surface area contributed by atoms with Crippen molar-refractivity contribution < 1.29 is 9.72 Å². The van der Waals surface area contributed by atoms with Gasteiger partial charge in [0.25, 0.3) is 11.6 Å². The molecule has 0 heterocycles. The number of amides is 1. The van der Waals surface area contributed by atoms with Gasteiger partial charge in [-0.2, -0.15) is 0 Å². The number of thiocarbonyl (C=S) groups is 1. The molecule has 2 N–H and O–H groups in total. The molecule has 2 rings (SSSR count). The third kappa shape index (κ3) is 4.24. The van der Waals surface area contributed by atoms with Crippen molar-refractivity contribution in [2.24, 2.45) is 0 Å². The van der Waals surface area contributed by atoms with Gasteiger partial charge in [0.05, 0.1) is 4.92 Å². The summed E-state index contributed by atoms with van der Waals surface area (Å²) >= 11 is 10.8. The average molecular weight is 336 g/mol. The highest BCUT2D eigenvalue weighted by atomic mass is 35.5. The number of non-ortho nitro benzene ring substituents is 1. The third-order valence-electron chi connectivity index (χ3n) is 2.65. The van der Waals surface area contributed by atoms with Crippen molar-refractivity contribution in [3.8, 4) is 0 Å². The molecule has 2 aromatic rings. The Hall–Kier alpha value is -2.51. The van der Waals surface area contributed by atoms with Crippen LogP contribution >= 0.6 is 23.8 Å². The monoisotopic (exact) mass is 335 g/mol. The number of nitrogens with zero attached hydrogens (tertiary/aromatic N) is 1. The molecular formula is C14H10ClN3O3S. The van der Waals surface area contributed by atoms with Crippen LogP contribution in [0.2, 0.25) is 5.02 Å². The molecule has 0 aromatic heterocycles. The normalized spacial score (nSPS) is 9.86. The van der Waals surface area contributed by atoms with E-state index in [0.717, 1.165) is 0 Å². The van der Waals surface area contributed by atoms with Crippen molar-refractivity contribution in [2.75, 3.05) is 5.32 Å². The number of nitro groups is 1. The van der Waals surface area contributed by atoms with Crippen LogP contribution in [0.4, 0.5) is 11.4 Å². The second-order valence-electron chi connectivity index (χ2n) is 4.22. The number of benzene rings is 2. The molecule has 1 amide bonds. The van der Waals surface area contributed by atoms with Crippen LogP contribution in [0.5, 0.6) is 0 Å². The van der Waals surface area contributed by atoms with Crippen molar-refractivity contribution in [3.05, 3.63) is 69.2 Å². The molecule has 0 saturated heterocycles. The molecule has 112 valence electrons. The van der Waals surface area contributed by atoms with E-state index in [4.69, 9.17) is 23.8 Å². The maximum atomic E-state index is 12.0. The number of nitrogens with one attached hydrogen (secondary N) is 2. The highest BCUT2D eigenvalue weighted by Gasteiger charge is 2.12. The third-order valence-corrected chi connectivity index (χ3v) is 3.10. The van der Waals surface area contributed by atoms with Crippen LogP contribution in [-0.2, 0) is 0 Å². The molecule has 6 nitrogen and oxygen atoms in total. The van der Waals surface area contributed by atoms with Crippen LogP contribution in [0.3, 0.4) is 0 Å². The Morgan fingerprint density at radius 2 is 1.86 bits per heavy atom. The summed E-state index contributed by atoms with van der Waals surface area (Å²) in [6.45, 7) is 0. The largest absolute Gasteiger partial charge is 0.332 e. The lowest BCUT2D eigenvalue weighted by molar-refractivity contribution is -0.384. The quantitative estimate of drug-likeness (QED) is 0.510. The number of anilines is 1. The minimum absolute atomic E-state index is 0.0822. The Morgan fingerprint density at radius 3 is 2.50 bits per heavy atom. The van der Waals surface area contributed by atoms with Crippen LogP contribution in [-0.4, -0.2) is 15.9 Å². The Morgan fingerprint density at radius 1 is 1.18 bits per heavy atom. The number of carbonyl (C=O) groups is 1. The SMILES string of the molecule is O=C(NC(=S)Nc1ccc(Cl)cc1)c1cccc([N+](=O)[O-])c1. The fraction of sp³-hybridized carbons (Fsp3) is 0. The highest BCUT2D eigenvalue weighted by Crippen LogP contribution is 2.14. The summed E-state index contributed by atoms with van der Waals surface area (Å²) in [6, 6.07) is 12.1. The second kappa shape index (κ2) is 6.97. The van der Waals surface area contributed by atoms with Gasteiger partial charge >= 0.3 is 0 Å². The molecule has 0 fully saturated rings. The topological polar surface area (TPSA) is 84.3 Å². The van der Waals surface area contributed by atoms with E-state index in [1.807, 2.05) is 0 Å². The van der Waals surface area contributed by atoms with Gasteiger partial charge in [-0.05, 0) is 42.5 Å². The lowest BCUT2D eigenvalue weighted by Gasteiger charge is -2.09. The van der Waals surface area contributed by atoms with Gasteiger partial charge in [-0.1, -0.05) is 17.7 Å². The van der Waals surface area contributed by atoms with Gasteiger partial charge in [0.2, 0.25) is 0 Å². The zero-order valence-corrected chi connectivity index (χ0v) is 12.6. The second-order valence-corrected chi connectivity index (χ2v) is 5.07. The number of halogens is 1. The van der Waals surface area contributed by atoms with Gasteiger partial charge in [-0.25, -0.2) is 0 Å². The molecular weight excluding hydrogens is 326 g/mol. The summed E-state index contributed by atoms with van der Waals surface area (Å²) in [5.41, 5.74) is 0.646. The molecule has 0 bridgehead atoms. The highest BCUT2D eigenvalue weighted by molar-refractivity contribution is 7.80. The number of rotatable bonds is 3. The molecule has 0 aliphatic heterocycles. The van der Waals surface area contributed by atoms with Gasteiger partial charge in [-0.15, -0.1) is 0 Å². The Kier molecular flexibility index (Phi) is 5.03. The number of carbonyl (C=O) groups excluding carboxylic acids is 1. The summed E-state index contributed by atoms with van der Waals surface area (Å²) in [7, 11) is 0. The Bertz CT molecular complexity index is 734. The fourth-order valence-electron chi connectivity index (χ4n) is 1.63. The summed E-state index contributed by atoms with van der Waals surface area (Å²) < 4.78 is 0. The Labute approximate surface area is 136 Å². The minimum Gasteiger partial charge on any atom is -0.332 e. The van der Waals surface area contributed by atoms with E-state index >= 15 is 0 Å². The molecule has 2 aromatic carbocycles. The molecule has 0 spiro atoms. The standard InChI is InChI=1S/C14H10ClN3O3S/c15-10-4-6-11(7-5-10)16-14(22)17-13(19)9-2-1-3-12(8-9)18(20)21/h1-8H,(H2,16,17,19,22). The van der Waals surface area contributed by atoms with E-state index in [2.05, 4.69) is 10.6 Å². The molecule has 0 radical (unpaired) electrons. The maximum absolute atomic E-state index is 12.0. The Balaban J connectivity index is 2.02. The van der Waals surface area contributed by atoms with Crippen LogP contribution in [0.25, 0.3) is 0 Å². The van der Waals surface area contributed by atoms with Gasteiger partial charge in [-0.3, -0.25) is 20.2 Å². The van der Waals surface area contributed by atoms with Crippen LogP contribution in [0.15, 0.2) is 48.5 Å². The van der Waals surface area contributed by atoms with Crippen molar-refractivity contribution in [2.45, 2.75) is 0 Å². The van der Waals surface area contributed by atoms with Crippen molar-refractivity contribution >= 4 is 46.2 Å². The smallest absolute Gasteiger partial charge is 0.270 e. The van der Waals surface area contributed by atoms with Crippen LogP contribution in [0.1, 0.15) is 10.4 Å². The predicted molar refractivity (Wildman–Crippen MR) is 88.2 cm³/mol. The molecule has 0 aliphatic carbocycles. The van der Waals surface area contributed by atoms with Crippen molar-refractivity contribution in [1.82, 2.24) is 5.32 Å². The first-order valence-corrected chi connectivity index (χ1v) is 6.86. The van der Waals surface area contributed by atoms with E-state index < -0.39 is 10.8 Å². The molecule has 0 aliphatic rings. The van der Waals surface area contributed by atoms with Crippen molar-refractivity contribution in [1.29, 1.82) is 0 Å². The summed E-state index contributed by atoms with van der Waals surface area (Å²) in [5, 5.41) is 16.6. The van der Waals surface area contributed by atoms with E-state index in [0.29, 0.717) is 10.7 Å². The zero-order chi connectivity index (χ0) is 16.1. The van der Waals surface area contributed by atoms with Gasteiger partial charge in [0.15, 0.2) is 5.11 Å². The summed E-state index contributed by atoms with van der Waals surface area (Å²) in [5.74, 6) is -0.532. The first-order chi connectivity index (χ1) is 10.5. The lowest BCUT2D eigenvalue weighted by Crippen LogP contribution is -2.34. The van der Waals surface area contributed by atoms with Crippen molar-refractivity contribution in [3.63, 3.8) is 0 Å². The number of hydrogen-bond donors (Lipinski definition) is 2. The summed E-state index contributed by atoms with van der Waals surface area (Å²) in [6.07, 6.45) is 0. The predicted octanol–water partition coefficient (Wildman–Crippen LogP) is 3.38. The molecule has 0 saturated carbocycles. The number of nitro benzene ring substituents is 1. The van der Waals surface area contributed by atoms with Gasteiger partial charge in [0, 0.05) is 28.4 Å². The summed E-state index contributed by atoms with van der Waals surface area (Å²) in [4.78, 5) is 22.1. The molecule has 0 atom stereocenters. The van der Waals surface area contributed by atoms with Crippen LogP contribution in [0, 0.1) is 10.1 Å². The van der Waals surface area contributed by atoms with E-state index in [-0.39, 0.29) is 16.4 Å². The van der Waals surface area contributed by atoms with E-state index in [1.54, 1.807) is 24.3 Å². The first-order valence-electron chi connectivity index (χ1n) is 6.08. The number of hydrogen-bond acceptors (Lipinski definition) is 4. The fourth-order valence-corrected chi connectivity index (χ4v) is 1.97. The minimum atomic E-state index is -0.568. The maximum Gasteiger partial charge on any atom is 0.270 e. The molecule has 0 unspecified atom stereocenters. The first kappa shape index (κ1) is 15.9. The van der Waals surface area contributed by atoms with E-state index in [9.17, 15) is 14.9 Å². The van der Waals surface area contributed by atoms with Gasteiger partial charge in [0.1, 0.15) is 0 Å². The lowest BCUT2D eigenvalue weighted by atomic mass is 10.2. The van der Waals surface area contributed by atoms with Gasteiger partial charge < -0.3 is 5.32 Å². The van der Waals surface area contributed by atoms with E-state index in [1.165, 1.54) is 24.3 Å².